The SMILES string of the molecule is CC(C)CC(N)C(=O)NC1CCC(=O)C(=[N+]=[N-])C1NS(=O)(=O)OC(C)C. The van der Waals surface area contributed by atoms with Gasteiger partial charge in [-0.2, -0.15) is 17.9 Å². The third kappa shape index (κ3) is 6.58. The van der Waals surface area contributed by atoms with Crippen molar-refractivity contribution < 1.29 is 27.0 Å². The summed E-state index contributed by atoms with van der Waals surface area (Å²) in [6, 6.07) is -2.82. The van der Waals surface area contributed by atoms with Crippen LogP contribution in [0.4, 0.5) is 0 Å². The monoisotopic (exact) mass is 389 g/mol. The number of nitrogens with two attached hydrogens (primary N) is 1. The first kappa shape index (κ1) is 22.4. The van der Waals surface area contributed by atoms with Crippen LogP contribution < -0.4 is 15.8 Å². The van der Waals surface area contributed by atoms with Crippen LogP contribution in [-0.2, 0) is 24.1 Å². The van der Waals surface area contributed by atoms with Crippen molar-refractivity contribution >= 4 is 27.7 Å². The van der Waals surface area contributed by atoms with Crippen LogP contribution in [0.15, 0.2) is 0 Å². The van der Waals surface area contributed by atoms with Gasteiger partial charge >= 0.3 is 16.0 Å². The molecule has 0 saturated heterocycles. The van der Waals surface area contributed by atoms with Crippen LogP contribution in [0.25, 0.3) is 5.53 Å². The van der Waals surface area contributed by atoms with Crippen molar-refractivity contribution in [2.75, 3.05) is 0 Å². The number of hydrogen-bond acceptors (Lipinski definition) is 6. The number of nitrogens with one attached hydrogen (secondary N) is 2. The van der Waals surface area contributed by atoms with E-state index in [9.17, 15) is 18.0 Å². The molecular formula is C15H27N5O5S. The van der Waals surface area contributed by atoms with Gasteiger partial charge in [0.15, 0.2) is 0 Å². The van der Waals surface area contributed by atoms with Crippen LogP contribution in [0.3, 0.4) is 0 Å². The van der Waals surface area contributed by atoms with Crippen LogP contribution in [0.2, 0.25) is 0 Å². The fraction of sp³-hybridized carbons (Fsp3) is 0.800. The van der Waals surface area contributed by atoms with E-state index >= 15 is 0 Å². The van der Waals surface area contributed by atoms with E-state index in [0.717, 1.165) is 0 Å². The fourth-order valence-corrected chi connectivity index (χ4v) is 3.85. The summed E-state index contributed by atoms with van der Waals surface area (Å²) >= 11 is 0. The number of carbonyl (C=O) groups excluding carboxylic acids is 2. The molecule has 148 valence electrons. The minimum atomic E-state index is -4.23. The molecular weight excluding hydrogens is 362 g/mol. The molecule has 0 heterocycles. The highest BCUT2D eigenvalue weighted by Gasteiger charge is 2.45. The van der Waals surface area contributed by atoms with Crippen molar-refractivity contribution in [2.24, 2.45) is 11.7 Å². The molecule has 0 radical (unpaired) electrons. The van der Waals surface area contributed by atoms with Gasteiger partial charge < -0.3 is 16.6 Å². The predicted molar refractivity (Wildman–Crippen MR) is 94.3 cm³/mol. The number of Topliss-reactive ketones (excluding diaryl/α,β-unsaturated/α-hetero) is 1. The molecule has 0 aliphatic heterocycles. The number of ketones is 1. The van der Waals surface area contributed by atoms with Crippen molar-refractivity contribution in [3.8, 4) is 0 Å². The molecule has 1 fully saturated rings. The molecule has 1 saturated carbocycles. The molecule has 4 N–H and O–H groups in total. The molecule has 11 heteroatoms. The van der Waals surface area contributed by atoms with Crippen LogP contribution in [0.5, 0.6) is 0 Å². The first-order chi connectivity index (χ1) is 12.0. The molecule has 0 aromatic carbocycles. The average molecular weight is 389 g/mol. The molecule has 0 aromatic rings. The summed E-state index contributed by atoms with van der Waals surface area (Å²) in [5.74, 6) is -0.780. The van der Waals surface area contributed by atoms with Gasteiger partial charge in [-0.1, -0.05) is 13.8 Å². The van der Waals surface area contributed by atoms with Gasteiger partial charge in [-0.3, -0.25) is 13.8 Å². The lowest BCUT2D eigenvalue weighted by molar-refractivity contribution is -0.125. The molecule has 10 nitrogen and oxygen atoms in total. The highest BCUT2D eigenvalue weighted by Crippen LogP contribution is 2.16. The zero-order valence-electron chi connectivity index (χ0n) is 15.4. The normalized spacial score (nSPS) is 22.4. The summed E-state index contributed by atoms with van der Waals surface area (Å²) in [4.78, 5) is 27.2. The molecule has 1 aliphatic rings. The van der Waals surface area contributed by atoms with E-state index in [1.54, 1.807) is 0 Å². The van der Waals surface area contributed by atoms with Crippen molar-refractivity contribution in [1.29, 1.82) is 0 Å². The number of carbonyl (C=O) groups is 2. The third-order valence-corrected chi connectivity index (χ3v) is 4.93. The van der Waals surface area contributed by atoms with E-state index in [1.807, 2.05) is 13.8 Å². The van der Waals surface area contributed by atoms with Crippen LogP contribution in [-0.4, -0.2) is 54.8 Å². The maximum absolute atomic E-state index is 12.3. The maximum atomic E-state index is 12.3. The Balaban J connectivity index is 3.02. The highest BCUT2D eigenvalue weighted by atomic mass is 32.2. The van der Waals surface area contributed by atoms with Gasteiger partial charge in [-0.05, 0) is 32.6 Å². The van der Waals surface area contributed by atoms with E-state index < -0.39 is 46.2 Å². The zero-order chi connectivity index (χ0) is 20.1. The lowest BCUT2D eigenvalue weighted by Crippen LogP contribution is -2.62. The number of amides is 1. The summed E-state index contributed by atoms with van der Waals surface area (Å²) in [7, 11) is -4.23. The van der Waals surface area contributed by atoms with Gasteiger partial charge in [0.25, 0.3) is 0 Å². The second kappa shape index (κ2) is 9.33. The standard InChI is InChI=1S/C15H27N5O5S/c1-8(2)7-10(16)15(22)18-11-5-6-12(21)14(19-17)13(11)20-26(23,24)25-9(3)4/h8-11,13,20H,5-7,16H2,1-4H3,(H,18,22). The van der Waals surface area contributed by atoms with Crippen molar-refractivity contribution in [2.45, 2.75) is 71.2 Å². The third-order valence-electron chi connectivity index (χ3n) is 3.75. The average Bonchev–Trinajstić information content (AvgIpc) is 2.47. The number of rotatable bonds is 8. The molecule has 0 bridgehead atoms. The Labute approximate surface area is 153 Å². The highest BCUT2D eigenvalue weighted by molar-refractivity contribution is 7.84. The Morgan fingerprint density at radius 1 is 1.38 bits per heavy atom. The molecule has 1 amide bonds. The van der Waals surface area contributed by atoms with Gasteiger partial charge in [-0.25, -0.2) is 0 Å². The van der Waals surface area contributed by atoms with Crippen molar-refractivity contribution in [1.82, 2.24) is 10.0 Å². The van der Waals surface area contributed by atoms with Gasteiger partial charge in [0.2, 0.25) is 11.7 Å². The van der Waals surface area contributed by atoms with E-state index in [-0.39, 0.29) is 24.5 Å². The molecule has 3 unspecified atom stereocenters. The molecule has 3 atom stereocenters. The number of hydrogen-bond donors (Lipinski definition) is 3. The topological polar surface area (TPSA) is 164 Å². The fourth-order valence-electron chi connectivity index (χ4n) is 2.70. The first-order valence-corrected chi connectivity index (χ1v) is 9.89. The summed E-state index contributed by atoms with van der Waals surface area (Å²) in [6.45, 7) is 6.89. The molecule has 1 rings (SSSR count). The van der Waals surface area contributed by atoms with Gasteiger partial charge in [0.1, 0.15) is 6.04 Å². The van der Waals surface area contributed by atoms with E-state index in [0.29, 0.717) is 6.42 Å². The molecule has 26 heavy (non-hydrogen) atoms. The van der Waals surface area contributed by atoms with Gasteiger partial charge in [0, 0.05) is 6.42 Å². The van der Waals surface area contributed by atoms with Crippen LogP contribution in [0, 0.1) is 5.92 Å². The largest absolute Gasteiger partial charge is 0.361 e. The summed E-state index contributed by atoms with van der Waals surface area (Å²) in [5, 5.41) is 2.64. The molecule has 0 spiro atoms. The lowest BCUT2D eigenvalue weighted by Gasteiger charge is -2.29. The van der Waals surface area contributed by atoms with Crippen molar-refractivity contribution in [3.05, 3.63) is 5.53 Å². The smallest absolute Gasteiger partial charge is 0.354 e. The minimum absolute atomic E-state index is 0.00697. The number of nitrogens with zero attached hydrogens (tertiary/aromatic N) is 2. The Kier molecular flexibility index (Phi) is 8.04. The minimum Gasteiger partial charge on any atom is -0.361 e. The summed E-state index contributed by atoms with van der Waals surface area (Å²) < 4.78 is 31.1. The van der Waals surface area contributed by atoms with Gasteiger partial charge in [-0.15, -0.1) is 0 Å². The maximum Gasteiger partial charge on any atom is 0.354 e. The van der Waals surface area contributed by atoms with E-state index in [4.69, 9.17) is 15.4 Å². The summed E-state index contributed by atoms with van der Waals surface area (Å²) in [5.41, 5.74) is 14.6. The second-order valence-corrected chi connectivity index (χ2v) is 8.33. The lowest BCUT2D eigenvalue weighted by atomic mass is 9.87. The molecule has 1 aliphatic carbocycles. The van der Waals surface area contributed by atoms with E-state index in [2.05, 4.69) is 14.8 Å². The summed E-state index contributed by atoms with van der Waals surface area (Å²) in [6.07, 6.45) is -0.000604. The first-order valence-electron chi connectivity index (χ1n) is 8.48. The Bertz CT molecular complexity index is 685. The Morgan fingerprint density at radius 3 is 2.50 bits per heavy atom. The van der Waals surface area contributed by atoms with Crippen LogP contribution in [0.1, 0.15) is 47.0 Å². The van der Waals surface area contributed by atoms with Crippen molar-refractivity contribution in [3.63, 3.8) is 0 Å². The van der Waals surface area contributed by atoms with Crippen LogP contribution >= 0.6 is 0 Å². The predicted octanol–water partition coefficient (Wildman–Crippen LogP) is -0.494. The zero-order valence-corrected chi connectivity index (χ0v) is 16.2. The second-order valence-electron chi connectivity index (χ2n) is 6.99. The quantitative estimate of drug-likeness (QED) is 0.374. The Morgan fingerprint density at radius 2 is 2.00 bits per heavy atom. The van der Waals surface area contributed by atoms with E-state index in [1.165, 1.54) is 13.8 Å². The Hall–Kier alpha value is -1.65. The molecule has 0 aromatic heterocycles. The van der Waals surface area contributed by atoms with Gasteiger partial charge in [0.05, 0.1) is 18.2 Å².